The largest absolute Gasteiger partial charge is 0.463 e. The lowest BCUT2D eigenvalue weighted by Gasteiger charge is -2.12. The van der Waals surface area contributed by atoms with Crippen molar-refractivity contribution < 1.29 is 19.0 Å². The van der Waals surface area contributed by atoms with E-state index in [1.807, 2.05) is 30.3 Å². The van der Waals surface area contributed by atoms with Gasteiger partial charge in [-0.15, -0.1) is 0 Å². The van der Waals surface area contributed by atoms with E-state index in [-0.39, 0.29) is 25.0 Å². The minimum atomic E-state index is -0.359. The summed E-state index contributed by atoms with van der Waals surface area (Å²) in [6, 6.07) is 9.83. The predicted molar refractivity (Wildman–Crippen MR) is 130 cm³/mol. The normalized spacial score (nSPS) is 18.7. The molecule has 178 valence electrons. The summed E-state index contributed by atoms with van der Waals surface area (Å²) in [6.07, 6.45) is 22.1. The Morgan fingerprint density at radius 3 is 2.38 bits per heavy atom. The molecule has 1 fully saturated rings. The molecule has 1 aromatic rings. The molecule has 0 spiro atoms. The van der Waals surface area contributed by atoms with Crippen molar-refractivity contribution in [3.8, 4) is 0 Å². The van der Waals surface area contributed by atoms with Gasteiger partial charge in [0.1, 0.15) is 12.7 Å². The summed E-state index contributed by atoms with van der Waals surface area (Å²) in [5.74, 6) is -0.137. The van der Waals surface area contributed by atoms with E-state index in [9.17, 15) is 4.79 Å². The number of unbranched alkanes of at least 4 members (excludes halogenated alkanes) is 8. The number of ether oxygens (including phenoxy) is 3. The maximum atomic E-state index is 12.0. The molecule has 1 heterocycles. The van der Waals surface area contributed by atoms with Crippen molar-refractivity contribution in [3.63, 3.8) is 0 Å². The quantitative estimate of drug-likeness (QED) is 0.143. The second-order valence-corrected chi connectivity index (χ2v) is 8.50. The summed E-state index contributed by atoms with van der Waals surface area (Å²) in [5, 5.41) is 0. The van der Waals surface area contributed by atoms with Gasteiger partial charge in [0, 0.05) is 12.0 Å². The fraction of sp³-hybridized carbons (Fsp3) is 0.607. The third kappa shape index (κ3) is 12.2. The third-order valence-corrected chi connectivity index (χ3v) is 5.58. The molecular formula is C28H42O4. The van der Waals surface area contributed by atoms with Crippen molar-refractivity contribution in [3.05, 3.63) is 60.2 Å². The van der Waals surface area contributed by atoms with Gasteiger partial charge >= 0.3 is 5.97 Å². The molecule has 1 aliphatic heterocycles. The Morgan fingerprint density at radius 2 is 1.62 bits per heavy atom. The summed E-state index contributed by atoms with van der Waals surface area (Å²) in [4.78, 5) is 12.0. The lowest BCUT2D eigenvalue weighted by atomic mass is 10.1. The van der Waals surface area contributed by atoms with Gasteiger partial charge < -0.3 is 14.2 Å². The first-order valence-corrected chi connectivity index (χ1v) is 12.6. The van der Waals surface area contributed by atoms with Crippen molar-refractivity contribution >= 4 is 5.97 Å². The van der Waals surface area contributed by atoms with Gasteiger partial charge in [-0.05, 0) is 38.5 Å². The highest BCUT2D eigenvalue weighted by atomic mass is 16.7. The molecule has 2 atom stereocenters. The zero-order chi connectivity index (χ0) is 22.7. The highest BCUT2D eigenvalue weighted by Gasteiger charge is 2.28. The lowest BCUT2D eigenvalue weighted by Crippen LogP contribution is -2.20. The van der Waals surface area contributed by atoms with Crippen LogP contribution in [0, 0.1) is 0 Å². The van der Waals surface area contributed by atoms with E-state index >= 15 is 0 Å². The van der Waals surface area contributed by atoms with Crippen LogP contribution in [0.5, 0.6) is 0 Å². The Balaban J connectivity index is 1.38. The molecule has 4 heteroatoms. The number of hydrogen-bond acceptors (Lipinski definition) is 4. The van der Waals surface area contributed by atoms with Crippen molar-refractivity contribution in [2.24, 2.45) is 0 Å². The van der Waals surface area contributed by atoms with Gasteiger partial charge in [-0.25, -0.2) is 0 Å². The number of benzene rings is 1. The van der Waals surface area contributed by atoms with E-state index in [2.05, 4.69) is 31.2 Å². The second kappa shape index (κ2) is 17.6. The van der Waals surface area contributed by atoms with Crippen molar-refractivity contribution in [1.29, 1.82) is 0 Å². The Labute approximate surface area is 195 Å². The van der Waals surface area contributed by atoms with E-state index in [4.69, 9.17) is 14.2 Å². The number of allylic oxidation sites excluding steroid dienone is 4. The lowest BCUT2D eigenvalue weighted by molar-refractivity contribution is -0.148. The molecule has 2 rings (SSSR count). The van der Waals surface area contributed by atoms with Gasteiger partial charge in [-0.3, -0.25) is 4.79 Å². The van der Waals surface area contributed by atoms with Gasteiger partial charge in [0.05, 0.1) is 6.61 Å². The smallest absolute Gasteiger partial charge is 0.305 e. The molecule has 0 aromatic heterocycles. The van der Waals surface area contributed by atoms with Crippen LogP contribution in [0.25, 0.3) is 0 Å². The summed E-state index contributed by atoms with van der Waals surface area (Å²) in [6.45, 7) is 2.96. The summed E-state index contributed by atoms with van der Waals surface area (Å²) in [5.41, 5.74) is 0.992. The molecule has 0 bridgehead atoms. The molecule has 0 unspecified atom stereocenters. The molecule has 1 aromatic carbocycles. The monoisotopic (exact) mass is 442 g/mol. The van der Waals surface area contributed by atoms with Gasteiger partial charge in [-0.1, -0.05) is 93.7 Å². The minimum Gasteiger partial charge on any atom is -0.463 e. The number of carbonyl (C=O) groups excluding carboxylic acids is 1. The first kappa shape index (κ1) is 26.3. The molecule has 0 saturated carbocycles. The molecule has 0 radical (unpaired) electrons. The maximum Gasteiger partial charge on any atom is 0.305 e. The van der Waals surface area contributed by atoms with Crippen LogP contribution >= 0.6 is 0 Å². The van der Waals surface area contributed by atoms with E-state index in [0.29, 0.717) is 13.0 Å². The molecule has 0 aliphatic carbocycles. The fourth-order valence-electron chi connectivity index (χ4n) is 3.66. The molecule has 4 nitrogen and oxygen atoms in total. The van der Waals surface area contributed by atoms with E-state index < -0.39 is 0 Å². The minimum absolute atomic E-state index is 0.137. The van der Waals surface area contributed by atoms with E-state index in [0.717, 1.165) is 31.2 Å². The third-order valence-electron chi connectivity index (χ3n) is 5.58. The van der Waals surface area contributed by atoms with Crippen LogP contribution in [0.1, 0.15) is 95.8 Å². The number of carbonyl (C=O) groups is 1. The van der Waals surface area contributed by atoms with Crippen LogP contribution in [-0.4, -0.2) is 25.3 Å². The summed E-state index contributed by atoms with van der Waals surface area (Å²) < 4.78 is 16.8. The highest BCUT2D eigenvalue weighted by Crippen LogP contribution is 2.26. The van der Waals surface area contributed by atoms with Crippen LogP contribution in [0.3, 0.4) is 0 Å². The summed E-state index contributed by atoms with van der Waals surface area (Å²) in [7, 11) is 0. The molecule has 1 aliphatic rings. The maximum absolute atomic E-state index is 12.0. The Bertz CT molecular complexity index is 653. The zero-order valence-electron chi connectivity index (χ0n) is 19.9. The second-order valence-electron chi connectivity index (χ2n) is 8.50. The number of rotatable bonds is 17. The zero-order valence-corrected chi connectivity index (χ0v) is 19.9. The number of esters is 1. The SMILES string of the molecule is CCCCC/C=C/C/C=C/CCCCCCCC(=O)OC[C@H]1CO[C@@H](c2ccccc2)O1. The highest BCUT2D eigenvalue weighted by molar-refractivity contribution is 5.69. The van der Waals surface area contributed by atoms with Gasteiger partial charge in [0.2, 0.25) is 0 Å². The van der Waals surface area contributed by atoms with Crippen LogP contribution in [0.15, 0.2) is 54.6 Å². The average Bonchev–Trinajstić information content (AvgIpc) is 3.30. The molecule has 0 amide bonds. The van der Waals surface area contributed by atoms with E-state index in [1.54, 1.807) is 0 Å². The predicted octanol–water partition coefficient (Wildman–Crippen LogP) is 7.46. The molecule has 0 N–H and O–H groups in total. The Kier molecular flexibility index (Phi) is 14.5. The fourth-order valence-corrected chi connectivity index (χ4v) is 3.66. The van der Waals surface area contributed by atoms with Crippen LogP contribution in [0.2, 0.25) is 0 Å². The standard InChI is InChI=1S/C28H42O4/c1-2-3-4-5-6-7-8-9-10-11-12-13-14-15-19-22-27(29)30-23-26-24-31-28(32-26)25-20-17-16-18-21-25/h6-7,9-10,16-18,20-21,26,28H,2-5,8,11-15,19,22-24H2,1H3/b7-6+,10-9+/t26-,28+/m0/s1. The Hall–Kier alpha value is -1.91. The summed E-state index contributed by atoms with van der Waals surface area (Å²) >= 11 is 0. The average molecular weight is 443 g/mol. The molecule has 1 saturated heterocycles. The first-order valence-electron chi connectivity index (χ1n) is 12.6. The first-order chi connectivity index (χ1) is 15.8. The van der Waals surface area contributed by atoms with Crippen LogP contribution in [0.4, 0.5) is 0 Å². The van der Waals surface area contributed by atoms with Gasteiger partial charge in [-0.2, -0.15) is 0 Å². The van der Waals surface area contributed by atoms with Crippen LogP contribution in [-0.2, 0) is 19.0 Å². The molecule has 32 heavy (non-hydrogen) atoms. The number of hydrogen-bond donors (Lipinski definition) is 0. The Morgan fingerprint density at radius 1 is 0.938 bits per heavy atom. The van der Waals surface area contributed by atoms with Crippen LogP contribution < -0.4 is 0 Å². The molecular weight excluding hydrogens is 400 g/mol. The van der Waals surface area contributed by atoms with Gasteiger partial charge in [0.15, 0.2) is 6.29 Å². The topological polar surface area (TPSA) is 44.8 Å². The van der Waals surface area contributed by atoms with Crippen molar-refractivity contribution in [2.75, 3.05) is 13.2 Å². The van der Waals surface area contributed by atoms with E-state index in [1.165, 1.54) is 44.9 Å². The van der Waals surface area contributed by atoms with Crippen molar-refractivity contribution in [1.82, 2.24) is 0 Å². The van der Waals surface area contributed by atoms with Crippen molar-refractivity contribution in [2.45, 2.75) is 96.4 Å². The van der Waals surface area contributed by atoms with Gasteiger partial charge in [0.25, 0.3) is 0 Å².